The van der Waals surface area contributed by atoms with E-state index in [0.717, 1.165) is 35.5 Å². The zero-order valence-corrected chi connectivity index (χ0v) is 20.6. The number of amides is 2. The lowest BCUT2D eigenvalue weighted by molar-refractivity contribution is -0.132. The molecule has 0 radical (unpaired) electrons. The molecule has 2 aromatic carbocycles. The van der Waals surface area contributed by atoms with Gasteiger partial charge in [0.25, 0.3) is 5.91 Å². The van der Waals surface area contributed by atoms with E-state index in [-0.39, 0.29) is 18.4 Å². The van der Waals surface area contributed by atoms with Gasteiger partial charge in [-0.25, -0.2) is 0 Å². The first-order chi connectivity index (χ1) is 17.0. The summed E-state index contributed by atoms with van der Waals surface area (Å²) in [6, 6.07) is 21.5. The minimum absolute atomic E-state index is 0.00766. The predicted molar refractivity (Wildman–Crippen MR) is 138 cm³/mol. The Morgan fingerprint density at radius 3 is 2.23 bits per heavy atom. The van der Waals surface area contributed by atoms with Gasteiger partial charge in [0.05, 0.1) is 5.69 Å². The van der Waals surface area contributed by atoms with Gasteiger partial charge in [-0.05, 0) is 37.6 Å². The minimum Gasteiger partial charge on any atom is -0.352 e. The number of unbranched alkanes of at least 4 members (excludes halogenated alkanes) is 1. The van der Waals surface area contributed by atoms with Gasteiger partial charge >= 0.3 is 0 Å². The van der Waals surface area contributed by atoms with Crippen LogP contribution in [-0.2, 0) is 4.79 Å². The van der Waals surface area contributed by atoms with Gasteiger partial charge in [-0.3, -0.25) is 9.59 Å². The van der Waals surface area contributed by atoms with Crippen LogP contribution in [0.5, 0.6) is 0 Å². The number of hydrogen-bond acceptors (Lipinski definition) is 5. The highest BCUT2D eigenvalue weighted by atomic mass is 16.2. The number of anilines is 1. The smallest absolute Gasteiger partial charge is 0.254 e. The highest BCUT2D eigenvalue weighted by Crippen LogP contribution is 2.19. The van der Waals surface area contributed by atoms with Crippen LogP contribution < -0.4 is 4.90 Å². The average Bonchev–Trinajstić information content (AvgIpc) is 2.91. The van der Waals surface area contributed by atoms with Crippen LogP contribution in [-0.4, -0.2) is 71.1 Å². The second kappa shape index (κ2) is 11.6. The summed E-state index contributed by atoms with van der Waals surface area (Å²) in [4.78, 5) is 31.9. The second-order valence-corrected chi connectivity index (χ2v) is 8.96. The van der Waals surface area contributed by atoms with E-state index >= 15 is 0 Å². The van der Waals surface area contributed by atoms with Gasteiger partial charge in [0.15, 0.2) is 5.82 Å². The van der Waals surface area contributed by atoms with Crippen molar-refractivity contribution in [2.75, 3.05) is 44.2 Å². The molecule has 1 aliphatic heterocycles. The maximum atomic E-state index is 13.1. The van der Waals surface area contributed by atoms with Crippen LogP contribution in [0.4, 0.5) is 5.82 Å². The van der Waals surface area contributed by atoms with Crippen molar-refractivity contribution in [1.82, 2.24) is 20.0 Å². The molecule has 0 aliphatic carbocycles. The van der Waals surface area contributed by atoms with Gasteiger partial charge in [-0.15, -0.1) is 10.2 Å². The Bertz CT molecular complexity index is 1110. The molecule has 7 heteroatoms. The van der Waals surface area contributed by atoms with Crippen LogP contribution >= 0.6 is 0 Å². The van der Waals surface area contributed by atoms with E-state index in [2.05, 4.69) is 22.0 Å². The summed E-state index contributed by atoms with van der Waals surface area (Å²) in [6.45, 7) is 7.34. The fourth-order valence-electron chi connectivity index (χ4n) is 4.19. The molecule has 0 bridgehead atoms. The van der Waals surface area contributed by atoms with Gasteiger partial charge < -0.3 is 14.7 Å². The number of rotatable bonds is 8. The summed E-state index contributed by atoms with van der Waals surface area (Å²) in [6.07, 6.45) is 1.84. The Hall–Kier alpha value is -3.74. The highest BCUT2D eigenvalue weighted by Gasteiger charge is 2.25. The summed E-state index contributed by atoms with van der Waals surface area (Å²) < 4.78 is 0. The summed E-state index contributed by atoms with van der Waals surface area (Å²) in [5.74, 6) is 0.724. The standard InChI is InChI=1S/C28H33N5O2/c1-3-4-16-33(28(35)24-12-10-22(2)11-13-24)21-27(34)32-19-17-31(18-20-32)26-15-14-25(29-30-26)23-8-6-5-7-9-23/h5-15H,3-4,16-21H2,1-2H3. The minimum atomic E-state index is -0.0841. The molecule has 182 valence electrons. The van der Waals surface area contributed by atoms with E-state index < -0.39 is 0 Å². The number of carbonyl (C=O) groups is 2. The molecule has 1 fully saturated rings. The molecule has 0 atom stereocenters. The molecule has 1 saturated heterocycles. The number of aryl methyl sites for hydroxylation is 1. The van der Waals surface area contributed by atoms with Gasteiger partial charge in [0.1, 0.15) is 6.54 Å². The van der Waals surface area contributed by atoms with Crippen molar-refractivity contribution in [2.45, 2.75) is 26.7 Å². The molecule has 35 heavy (non-hydrogen) atoms. The van der Waals surface area contributed by atoms with Gasteiger partial charge in [-0.1, -0.05) is 61.4 Å². The summed E-state index contributed by atoms with van der Waals surface area (Å²) in [5, 5.41) is 8.80. The number of carbonyl (C=O) groups excluding carboxylic acids is 2. The van der Waals surface area contributed by atoms with E-state index in [9.17, 15) is 9.59 Å². The molecule has 0 unspecified atom stereocenters. The van der Waals surface area contributed by atoms with Crippen molar-refractivity contribution in [3.05, 3.63) is 77.9 Å². The molecule has 1 aliphatic rings. The van der Waals surface area contributed by atoms with Crippen molar-refractivity contribution in [3.63, 3.8) is 0 Å². The first-order valence-corrected chi connectivity index (χ1v) is 12.3. The quantitative estimate of drug-likeness (QED) is 0.496. The molecule has 7 nitrogen and oxygen atoms in total. The van der Waals surface area contributed by atoms with Crippen molar-refractivity contribution in [3.8, 4) is 11.3 Å². The van der Waals surface area contributed by atoms with Crippen LogP contribution in [0.2, 0.25) is 0 Å². The van der Waals surface area contributed by atoms with Gasteiger partial charge in [0, 0.05) is 43.9 Å². The van der Waals surface area contributed by atoms with E-state index in [0.29, 0.717) is 38.3 Å². The van der Waals surface area contributed by atoms with Crippen LogP contribution in [0, 0.1) is 6.92 Å². The number of hydrogen-bond donors (Lipinski definition) is 0. The number of aromatic nitrogens is 2. The Morgan fingerprint density at radius 2 is 1.60 bits per heavy atom. The van der Waals surface area contributed by atoms with Crippen LogP contribution in [0.25, 0.3) is 11.3 Å². The maximum Gasteiger partial charge on any atom is 0.254 e. The Kier molecular flexibility index (Phi) is 8.08. The fraction of sp³-hybridized carbons (Fsp3) is 0.357. The fourth-order valence-corrected chi connectivity index (χ4v) is 4.19. The molecule has 2 heterocycles. The normalized spacial score (nSPS) is 13.5. The molecule has 0 N–H and O–H groups in total. The van der Waals surface area contributed by atoms with Gasteiger partial charge in [0.2, 0.25) is 5.91 Å². The zero-order chi connectivity index (χ0) is 24.6. The van der Waals surface area contributed by atoms with Crippen molar-refractivity contribution >= 4 is 17.6 Å². The van der Waals surface area contributed by atoms with Crippen LogP contribution in [0.15, 0.2) is 66.7 Å². The first kappa shape index (κ1) is 24.4. The van der Waals surface area contributed by atoms with E-state index in [1.165, 1.54) is 0 Å². The lowest BCUT2D eigenvalue weighted by Gasteiger charge is -2.36. The summed E-state index contributed by atoms with van der Waals surface area (Å²) >= 11 is 0. The zero-order valence-electron chi connectivity index (χ0n) is 20.6. The Balaban J connectivity index is 1.34. The van der Waals surface area contributed by atoms with E-state index in [4.69, 9.17) is 0 Å². The third kappa shape index (κ3) is 6.23. The van der Waals surface area contributed by atoms with Gasteiger partial charge in [-0.2, -0.15) is 0 Å². The largest absolute Gasteiger partial charge is 0.352 e. The Morgan fingerprint density at radius 1 is 0.886 bits per heavy atom. The monoisotopic (exact) mass is 471 g/mol. The van der Waals surface area contributed by atoms with E-state index in [1.54, 1.807) is 4.90 Å². The molecule has 0 saturated carbocycles. The van der Waals surface area contributed by atoms with Crippen LogP contribution in [0.1, 0.15) is 35.7 Å². The molecule has 3 aromatic rings. The number of nitrogens with zero attached hydrogens (tertiary/aromatic N) is 5. The van der Waals surface area contributed by atoms with Crippen molar-refractivity contribution in [2.24, 2.45) is 0 Å². The Labute approximate surface area is 207 Å². The SMILES string of the molecule is CCCCN(CC(=O)N1CCN(c2ccc(-c3ccccc3)nn2)CC1)C(=O)c1ccc(C)cc1. The second-order valence-electron chi connectivity index (χ2n) is 8.96. The average molecular weight is 472 g/mol. The van der Waals surface area contributed by atoms with E-state index in [1.807, 2.05) is 78.6 Å². The summed E-state index contributed by atoms with van der Waals surface area (Å²) in [5.41, 5.74) is 3.61. The molecule has 4 rings (SSSR count). The van der Waals surface area contributed by atoms with Crippen molar-refractivity contribution in [1.29, 1.82) is 0 Å². The number of benzene rings is 2. The highest BCUT2D eigenvalue weighted by molar-refractivity contribution is 5.96. The van der Waals surface area contributed by atoms with Crippen LogP contribution in [0.3, 0.4) is 0 Å². The predicted octanol–water partition coefficient (Wildman–Crippen LogP) is 4.04. The third-order valence-electron chi connectivity index (χ3n) is 6.37. The first-order valence-electron chi connectivity index (χ1n) is 12.3. The molecule has 0 spiro atoms. The maximum absolute atomic E-state index is 13.1. The molecule has 1 aromatic heterocycles. The summed E-state index contributed by atoms with van der Waals surface area (Å²) in [7, 11) is 0. The lowest BCUT2D eigenvalue weighted by atomic mass is 10.1. The molecular formula is C28H33N5O2. The third-order valence-corrected chi connectivity index (χ3v) is 6.37. The lowest BCUT2D eigenvalue weighted by Crippen LogP contribution is -2.52. The topological polar surface area (TPSA) is 69.6 Å². The molecular weight excluding hydrogens is 438 g/mol. The van der Waals surface area contributed by atoms with Crippen molar-refractivity contribution < 1.29 is 9.59 Å². The number of piperazine rings is 1. The molecule has 2 amide bonds.